The van der Waals surface area contributed by atoms with Gasteiger partial charge in [0.25, 0.3) is 11.4 Å². The van der Waals surface area contributed by atoms with Crippen LogP contribution in [0.1, 0.15) is 11.1 Å². The highest BCUT2D eigenvalue weighted by molar-refractivity contribution is 7.99. The minimum atomic E-state index is -0.553. The Morgan fingerprint density at radius 1 is 0.718 bits per heavy atom. The summed E-state index contributed by atoms with van der Waals surface area (Å²) in [5.41, 5.74) is 0.491. The van der Waals surface area contributed by atoms with E-state index in [0.717, 1.165) is 37.9 Å². The van der Waals surface area contributed by atoms with E-state index in [1.807, 2.05) is 0 Å². The molecule has 2 saturated heterocycles. The zero-order valence-electron chi connectivity index (χ0n) is 21.1. The van der Waals surface area contributed by atoms with Crippen LogP contribution in [0.15, 0.2) is 58.3 Å². The molecule has 2 N–H and O–H groups in total. The second kappa shape index (κ2) is 13.1. The molecule has 2 aromatic rings. The summed E-state index contributed by atoms with van der Waals surface area (Å²) in [6, 6.07) is 8.97. The number of amides is 2. The lowest BCUT2D eigenvalue weighted by molar-refractivity contribution is -0.388. The molecule has 0 spiro atoms. The predicted octanol–water partition coefficient (Wildman–Crippen LogP) is 2.54. The summed E-state index contributed by atoms with van der Waals surface area (Å²) in [5, 5.41) is 29.9. The topological polar surface area (TPSA) is 151 Å². The number of carbonyl (C=O) groups excluding carboxylic acids is 2. The molecule has 2 fully saturated rings. The summed E-state index contributed by atoms with van der Waals surface area (Å²) in [7, 11) is 0. The zero-order chi connectivity index (χ0) is 27.8. The highest BCUT2D eigenvalue weighted by Crippen LogP contribution is 2.40. The number of piperazine rings is 2. The number of nitro benzene ring substituents is 2. The van der Waals surface area contributed by atoms with Crippen molar-refractivity contribution in [2.24, 2.45) is 0 Å². The van der Waals surface area contributed by atoms with Gasteiger partial charge in [0, 0.05) is 76.6 Å². The Morgan fingerprint density at radius 2 is 1.10 bits per heavy atom. The third kappa shape index (κ3) is 7.50. The molecule has 4 rings (SSSR count). The van der Waals surface area contributed by atoms with Gasteiger partial charge in [-0.3, -0.25) is 29.8 Å². The quantitative estimate of drug-likeness (QED) is 0.286. The number of carbonyl (C=O) groups is 2. The lowest BCUT2D eigenvalue weighted by Crippen LogP contribution is -2.45. The van der Waals surface area contributed by atoms with Gasteiger partial charge in [0.2, 0.25) is 11.8 Å². The minimum absolute atomic E-state index is 0.169. The first-order valence-corrected chi connectivity index (χ1v) is 13.2. The molecule has 2 aliphatic rings. The van der Waals surface area contributed by atoms with Gasteiger partial charge < -0.3 is 20.4 Å². The number of nitrogens with zero attached hydrogens (tertiary/aromatic N) is 4. The fraction of sp³-hybridized carbons (Fsp3) is 0.308. The van der Waals surface area contributed by atoms with Crippen LogP contribution < -0.4 is 10.6 Å². The van der Waals surface area contributed by atoms with Gasteiger partial charge in [0.05, 0.1) is 19.6 Å². The first-order valence-electron chi connectivity index (χ1n) is 12.4. The highest BCUT2D eigenvalue weighted by atomic mass is 32.2. The number of rotatable bonds is 8. The normalized spacial score (nSPS) is 16.1. The third-order valence-electron chi connectivity index (χ3n) is 6.27. The van der Waals surface area contributed by atoms with E-state index in [-0.39, 0.29) is 33.0 Å². The largest absolute Gasteiger partial charge is 0.337 e. The van der Waals surface area contributed by atoms with E-state index < -0.39 is 9.85 Å². The van der Waals surface area contributed by atoms with Crippen molar-refractivity contribution in [2.45, 2.75) is 9.79 Å². The maximum Gasteiger partial charge on any atom is 0.283 e. The summed E-state index contributed by atoms with van der Waals surface area (Å²) < 4.78 is 0. The van der Waals surface area contributed by atoms with E-state index in [9.17, 15) is 29.8 Å². The van der Waals surface area contributed by atoms with Crippen molar-refractivity contribution in [3.8, 4) is 0 Å². The molecule has 0 bridgehead atoms. The van der Waals surface area contributed by atoms with Crippen LogP contribution in [0.4, 0.5) is 11.4 Å². The first-order chi connectivity index (χ1) is 18.8. The van der Waals surface area contributed by atoms with Crippen molar-refractivity contribution in [2.75, 3.05) is 52.4 Å². The monoisotopic (exact) mass is 552 g/mol. The van der Waals surface area contributed by atoms with Crippen LogP contribution in [0.5, 0.6) is 0 Å². The molecule has 2 amide bonds. The number of hydrogen-bond donors (Lipinski definition) is 2. The molecule has 2 aliphatic heterocycles. The van der Waals surface area contributed by atoms with Gasteiger partial charge >= 0.3 is 0 Å². The van der Waals surface area contributed by atoms with Crippen LogP contribution in [0.25, 0.3) is 12.2 Å². The van der Waals surface area contributed by atoms with Crippen LogP contribution in [0, 0.1) is 20.2 Å². The lowest BCUT2D eigenvalue weighted by Gasteiger charge is -2.26. The number of hydrogen-bond acceptors (Lipinski definition) is 9. The highest BCUT2D eigenvalue weighted by Gasteiger charge is 2.22. The molecule has 0 aromatic heterocycles. The fourth-order valence-corrected chi connectivity index (χ4v) is 5.15. The number of nitrogens with one attached hydrogen (secondary N) is 2. The maximum absolute atomic E-state index is 12.4. The fourth-order valence-electron chi connectivity index (χ4n) is 4.17. The molecule has 2 heterocycles. The van der Waals surface area contributed by atoms with E-state index in [4.69, 9.17) is 0 Å². The standard InChI is InChI=1S/C26H28N6O6S/c33-25(29-13-9-27-10-14-29)7-3-19-1-5-23(21(17-19)31(35)36)39-24-6-2-20(18-22(24)32(37)38)4-8-26(34)30-15-11-28-12-16-30/h1-8,17-18,27-28H,9-16H2/b7-3+,8-4+. The van der Waals surface area contributed by atoms with Gasteiger partial charge in [0.15, 0.2) is 0 Å². The van der Waals surface area contributed by atoms with Gasteiger partial charge in [0.1, 0.15) is 0 Å². The molecule has 0 radical (unpaired) electrons. The smallest absolute Gasteiger partial charge is 0.283 e. The van der Waals surface area contributed by atoms with Crippen LogP contribution in [0.3, 0.4) is 0 Å². The lowest BCUT2D eigenvalue weighted by atomic mass is 10.2. The van der Waals surface area contributed by atoms with Gasteiger partial charge in [-0.05, 0) is 35.4 Å². The third-order valence-corrected chi connectivity index (χ3v) is 7.40. The summed E-state index contributed by atoms with van der Waals surface area (Å²) >= 11 is 0.913. The summed E-state index contributed by atoms with van der Waals surface area (Å²) in [6.07, 6.45) is 5.83. The Morgan fingerprint density at radius 3 is 1.46 bits per heavy atom. The molecule has 39 heavy (non-hydrogen) atoms. The molecule has 204 valence electrons. The summed E-state index contributed by atoms with van der Waals surface area (Å²) in [5.74, 6) is -0.339. The Kier molecular flexibility index (Phi) is 9.41. The van der Waals surface area contributed by atoms with Gasteiger partial charge in [-0.15, -0.1) is 0 Å². The van der Waals surface area contributed by atoms with E-state index >= 15 is 0 Å². The Hall–Kier alpha value is -4.07. The van der Waals surface area contributed by atoms with E-state index in [1.54, 1.807) is 21.9 Å². The maximum atomic E-state index is 12.4. The molecule has 0 unspecified atom stereocenters. The van der Waals surface area contributed by atoms with Crippen molar-refractivity contribution in [3.05, 3.63) is 79.9 Å². The molecular formula is C26H28N6O6S. The van der Waals surface area contributed by atoms with Crippen LogP contribution in [-0.2, 0) is 9.59 Å². The van der Waals surface area contributed by atoms with Crippen molar-refractivity contribution in [3.63, 3.8) is 0 Å². The van der Waals surface area contributed by atoms with Crippen LogP contribution in [-0.4, -0.2) is 83.8 Å². The minimum Gasteiger partial charge on any atom is -0.337 e. The molecular weight excluding hydrogens is 524 g/mol. The molecule has 12 nitrogen and oxygen atoms in total. The number of nitro groups is 2. The van der Waals surface area contributed by atoms with Crippen LogP contribution >= 0.6 is 11.8 Å². The molecule has 0 aliphatic carbocycles. The summed E-state index contributed by atoms with van der Waals surface area (Å²) in [4.78, 5) is 51.1. The Bertz CT molecular complexity index is 1220. The van der Waals surface area contributed by atoms with E-state index in [2.05, 4.69) is 10.6 Å². The van der Waals surface area contributed by atoms with Crippen molar-refractivity contribution in [1.82, 2.24) is 20.4 Å². The average Bonchev–Trinajstić information content (AvgIpc) is 2.96. The molecule has 0 saturated carbocycles. The molecule has 2 aromatic carbocycles. The van der Waals surface area contributed by atoms with Gasteiger partial charge in [-0.2, -0.15) is 0 Å². The second-order valence-corrected chi connectivity index (χ2v) is 9.97. The van der Waals surface area contributed by atoms with Crippen molar-refractivity contribution in [1.29, 1.82) is 0 Å². The van der Waals surface area contributed by atoms with Gasteiger partial charge in [-0.25, -0.2) is 0 Å². The number of benzene rings is 2. The van der Waals surface area contributed by atoms with E-state index in [0.29, 0.717) is 37.3 Å². The predicted molar refractivity (Wildman–Crippen MR) is 147 cm³/mol. The average molecular weight is 553 g/mol. The van der Waals surface area contributed by atoms with Crippen molar-refractivity contribution >= 4 is 47.1 Å². The molecule has 13 heteroatoms. The molecule has 0 atom stereocenters. The Balaban J connectivity index is 1.51. The first kappa shape index (κ1) is 28.0. The second-order valence-electron chi connectivity index (χ2n) is 8.89. The van der Waals surface area contributed by atoms with E-state index in [1.165, 1.54) is 48.6 Å². The van der Waals surface area contributed by atoms with Crippen molar-refractivity contribution < 1.29 is 19.4 Å². The van der Waals surface area contributed by atoms with Crippen LogP contribution in [0.2, 0.25) is 0 Å². The Labute approximate surface area is 229 Å². The summed E-state index contributed by atoms with van der Waals surface area (Å²) in [6.45, 7) is 5.25. The van der Waals surface area contributed by atoms with Gasteiger partial charge in [-0.1, -0.05) is 23.9 Å². The zero-order valence-corrected chi connectivity index (χ0v) is 21.9. The SMILES string of the molecule is O=C(/C=C/c1ccc(Sc2ccc(/C=C/C(=O)N3CCNCC3)cc2[N+](=O)[O-])c([N+](=O)[O-])c1)N1CCNCC1.